The van der Waals surface area contributed by atoms with Gasteiger partial charge in [0, 0.05) is 32.1 Å². The topological polar surface area (TPSA) is 40.6 Å². The van der Waals surface area contributed by atoms with Gasteiger partial charge < -0.3 is 9.80 Å². The van der Waals surface area contributed by atoms with Crippen LogP contribution in [0.5, 0.6) is 0 Å². The Morgan fingerprint density at radius 3 is 2.35 bits per heavy atom. The van der Waals surface area contributed by atoms with Gasteiger partial charge in [-0.15, -0.1) is 0 Å². The van der Waals surface area contributed by atoms with E-state index in [1.54, 1.807) is 6.92 Å². The molecule has 1 heterocycles. The lowest BCUT2D eigenvalue weighted by molar-refractivity contribution is -0.131. The van der Waals surface area contributed by atoms with Crippen molar-refractivity contribution >= 4 is 11.8 Å². The maximum Gasteiger partial charge on any atom is 0.254 e. The van der Waals surface area contributed by atoms with Gasteiger partial charge in [-0.3, -0.25) is 9.59 Å². The van der Waals surface area contributed by atoms with Gasteiger partial charge >= 0.3 is 0 Å². The molecule has 0 aromatic heterocycles. The van der Waals surface area contributed by atoms with E-state index in [1.807, 2.05) is 40.1 Å². The zero-order valence-electron chi connectivity index (χ0n) is 12.4. The summed E-state index contributed by atoms with van der Waals surface area (Å²) in [5.74, 6) is 0.472. The predicted octanol–water partition coefficient (Wildman–Crippen LogP) is 2.02. The van der Waals surface area contributed by atoms with E-state index in [2.05, 4.69) is 13.8 Å². The minimum atomic E-state index is 0.0625. The minimum Gasteiger partial charge on any atom is -0.339 e. The summed E-state index contributed by atoms with van der Waals surface area (Å²) in [6, 6.07) is 9.44. The molecule has 4 heteroatoms. The Hall–Kier alpha value is -1.84. The third kappa shape index (κ3) is 3.00. The molecule has 4 nitrogen and oxygen atoms in total. The quantitative estimate of drug-likeness (QED) is 0.828. The summed E-state index contributed by atoms with van der Waals surface area (Å²) in [7, 11) is 0. The highest BCUT2D eigenvalue weighted by Gasteiger charge is 2.33. The maximum absolute atomic E-state index is 12.6. The van der Waals surface area contributed by atoms with Gasteiger partial charge in [-0.2, -0.15) is 0 Å². The molecule has 1 saturated heterocycles. The van der Waals surface area contributed by atoms with Gasteiger partial charge in [-0.25, -0.2) is 0 Å². The average Bonchev–Trinajstić information content (AvgIpc) is 2.46. The molecule has 108 valence electrons. The lowest BCUT2D eigenvalue weighted by atomic mass is 9.98. The van der Waals surface area contributed by atoms with Crippen LogP contribution < -0.4 is 0 Å². The van der Waals surface area contributed by atoms with E-state index in [-0.39, 0.29) is 17.9 Å². The molecule has 1 aliphatic heterocycles. The average molecular weight is 274 g/mol. The number of carbonyl (C=O) groups is 2. The summed E-state index contributed by atoms with van der Waals surface area (Å²) in [6.45, 7) is 7.64. The number of hydrogen-bond donors (Lipinski definition) is 0. The van der Waals surface area contributed by atoms with Crippen LogP contribution in [0.3, 0.4) is 0 Å². The van der Waals surface area contributed by atoms with Crippen LogP contribution in [0.25, 0.3) is 0 Å². The smallest absolute Gasteiger partial charge is 0.254 e. The molecule has 1 aliphatic rings. The normalized spacial score (nSPS) is 19.3. The highest BCUT2D eigenvalue weighted by molar-refractivity contribution is 5.94. The molecule has 0 spiro atoms. The van der Waals surface area contributed by atoms with Crippen molar-refractivity contribution in [3.8, 4) is 0 Å². The van der Waals surface area contributed by atoms with Crippen molar-refractivity contribution in [2.75, 3.05) is 19.6 Å². The van der Waals surface area contributed by atoms with Crippen LogP contribution in [0, 0.1) is 5.92 Å². The molecular formula is C16H22N2O2. The van der Waals surface area contributed by atoms with E-state index in [9.17, 15) is 9.59 Å². The molecule has 1 aromatic carbocycles. The fraction of sp³-hybridized carbons (Fsp3) is 0.500. The van der Waals surface area contributed by atoms with Gasteiger partial charge in [0.05, 0.1) is 6.04 Å². The standard InChI is InChI=1S/C16H22N2O2/c1-12(2)15-11-17(13(3)19)9-10-18(15)16(20)14-7-5-4-6-8-14/h4-8,12,15H,9-11H2,1-3H3. The van der Waals surface area contributed by atoms with E-state index < -0.39 is 0 Å². The number of amides is 2. The zero-order valence-corrected chi connectivity index (χ0v) is 12.4. The van der Waals surface area contributed by atoms with Crippen molar-refractivity contribution in [1.82, 2.24) is 9.80 Å². The Labute approximate surface area is 120 Å². The van der Waals surface area contributed by atoms with Crippen LogP contribution in [-0.2, 0) is 4.79 Å². The number of hydrogen-bond acceptors (Lipinski definition) is 2. The van der Waals surface area contributed by atoms with Crippen LogP contribution in [0.2, 0.25) is 0 Å². The highest BCUT2D eigenvalue weighted by atomic mass is 16.2. The second-order valence-electron chi connectivity index (χ2n) is 5.64. The van der Waals surface area contributed by atoms with Gasteiger partial charge in [-0.1, -0.05) is 32.0 Å². The Morgan fingerprint density at radius 1 is 1.15 bits per heavy atom. The number of benzene rings is 1. The monoisotopic (exact) mass is 274 g/mol. The molecule has 0 bridgehead atoms. The van der Waals surface area contributed by atoms with Crippen molar-refractivity contribution in [2.24, 2.45) is 5.92 Å². The van der Waals surface area contributed by atoms with Crippen molar-refractivity contribution in [1.29, 1.82) is 0 Å². The predicted molar refractivity (Wildman–Crippen MR) is 78.4 cm³/mol. The van der Waals surface area contributed by atoms with Gasteiger partial charge in [0.15, 0.2) is 0 Å². The van der Waals surface area contributed by atoms with Crippen LogP contribution in [0.4, 0.5) is 0 Å². The number of rotatable bonds is 2. The molecule has 1 fully saturated rings. The lowest BCUT2D eigenvalue weighted by Gasteiger charge is -2.43. The third-order valence-corrected chi connectivity index (χ3v) is 3.92. The summed E-state index contributed by atoms with van der Waals surface area (Å²) in [5, 5.41) is 0. The van der Waals surface area contributed by atoms with E-state index in [0.29, 0.717) is 25.6 Å². The molecule has 0 radical (unpaired) electrons. The Balaban J connectivity index is 2.18. The summed E-state index contributed by atoms with van der Waals surface area (Å²) in [4.78, 5) is 27.9. The molecule has 1 unspecified atom stereocenters. The molecule has 0 aliphatic carbocycles. The fourth-order valence-electron chi connectivity index (χ4n) is 2.67. The molecule has 2 rings (SSSR count). The highest BCUT2D eigenvalue weighted by Crippen LogP contribution is 2.20. The first kappa shape index (κ1) is 14.6. The fourth-order valence-corrected chi connectivity index (χ4v) is 2.67. The number of carbonyl (C=O) groups excluding carboxylic acids is 2. The zero-order chi connectivity index (χ0) is 14.7. The third-order valence-electron chi connectivity index (χ3n) is 3.92. The SMILES string of the molecule is CC(=O)N1CCN(C(=O)c2ccccc2)C(C(C)C)C1. The second-order valence-corrected chi connectivity index (χ2v) is 5.64. The number of nitrogens with zero attached hydrogens (tertiary/aromatic N) is 2. The molecule has 20 heavy (non-hydrogen) atoms. The first-order valence-corrected chi connectivity index (χ1v) is 7.12. The Morgan fingerprint density at radius 2 is 1.80 bits per heavy atom. The van der Waals surface area contributed by atoms with Crippen molar-refractivity contribution in [3.05, 3.63) is 35.9 Å². The Bertz CT molecular complexity index is 485. The molecule has 1 aromatic rings. The van der Waals surface area contributed by atoms with Gasteiger partial charge in [-0.05, 0) is 18.1 Å². The van der Waals surface area contributed by atoms with Crippen LogP contribution >= 0.6 is 0 Å². The largest absolute Gasteiger partial charge is 0.339 e. The van der Waals surface area contributed by atoms with E-state index in [4.69, 9.17) is 0 Å². The molecule has 0 N–H and O–H groups in total. The minimum absolute atomic E-state index is 0.0625. The van der Waals surface area contributed by atoms with Crippen molar-refractivity contribution < 1.29 is 9.59 Å². The van der Waals surface area contributed by atoms with Crippen LogP contribution in [0.1, 0.15) is 31.1 Å². The van der Waals surface area contributed by atoms with Gasteiger partial charge in [0.1, 0.15) is 0 Å². The van der Waals surface area contributed by atoms with Crippen molar-refractivity contribution in [3.63, 3.8) is 0 Å². The van der Waals surface area contributed by atoms with Gasteiger partial charge in [0.2, 0.25) is 5.91 Å². The van der Waals surface area contributed by atoms with E-state index in [0.717, 1.165) is 5.56 Å². The van der Waals surface area contributed by atoms with E-state index in [1.165, 1.54) is 0 Å². The number of piperazine rings is 1. The van der Waals surface area contributed by atoms with E-state index >= 15 is 0 Å². The lowest BCUT2D eigenvalue weighted by Crippen LogP contribution is -2.58. The second kappa shape index (κ2) is 6.07. The summed E-state index contributed by atoms with van der Waals surface area (Å²) < 4.78 is 0. The van der Waals surface area contributed by atoms with Crippen molar-refractivity contribution in [2.45, 2.75) is 26.8 Å². The molecular weight excluding hydrogens is 252 g/mol. The molecule has 1 atom stereocenters. The van der Waals surface area contributed by atoms with Gasteiger partial charge in [0.25, 0.3) is 5.91 Å². The van der Waals surface area contributed by atoms with Crippen LogP contribution in [-0.4, -0.2) is 47.3 Å². The summed E-state index contributed by atoms with van der Waals surface area (Å²) in [6.07, 6.45) is 0. The summed E-state index contributed by atoms with van der Waals surface area (Å²) in [5.41, 5.74) is 0.717. The molecule has 2 amide bonds. The van der Waals surface area contributed by atoms with Crippen LogP contribution in [0.15, 0.2) is 30.3 Å². The Kier molecular flexibility index (Phi) is 4.42. The summed E-state index contributed by atoms with van der Waals surface area (Å²) >= 11 is 0. The molecule has 0 saturated carbocycles. The first-order chi connectivity index (χ1) is 9.50. The first-order valence-electron chi connectivity index (χ1n) is 7.12. The maximum atomic E-state index is 12.6.